The number of hydrogen-bond donors (Lipinski definition) is 2. The number of aromatic amines is 1. The van der Waals surface area contributed by atoms with E-state index in [9.17, 15) is 4.79 Å². The first kappa shape index (κ1) is 14.1. The second-order valence-corrected chi connectivity index (χ2v) is 5.04. The first-order chi connectivity index (χ1) is 9.63. The number of aryl methyl sites for hydroxylation is 1. The maximum Gasteiger partial charge on any atom is 0.341 e. The molecule has 2 rings (SSSR count). The second kappa shape index (κ2) is 6.24. The highest BCUT2D eigenvalue weighted by atomic mass is 32.1. The third-order valence-corrected chi connectivity index (χ3v) is 3.69. The summed E-state index contributed by atoms with van der Waals surface area (Å²) in [6.07, 6.45) is 1.43. The topological polar surface area (TPSA) is 105 Å². The number of hydrogen-bond acceptors (Lipinski definition) is 7. The summed E-state index contributed by atoms with van der Waals surface area (Å²) in [6, 6.07) is 0. The quantitative estimate of drug-likeness (QED) is 0.495. The Morgan fingerprint density at radius 3 is 3.00 bits per heavy atom. The van der Waals surface area contributed by atoms with Crippen LogP contribution < -0.4 is 5.32 Å². The van der Waals surface area contributed by atoms with E-state index >= 15 is 0 Å². The zero-order valence-corrected chi connectivity index (χ0v) is 12.1. The van der Waals surface area contributed by atoms with Crippen LogP contribution in [-0.2, 0) is 4.74 Å². The number of aliphatic imine (C=N–C) groups is 1. The smallest absolute Gasteiger partial charge is 0.341 e. The number of H-pyrrole nitrogens is 1. The van der Waals surface area contributed by atoms with Gasteiger partial charge in [-0.3, -0.25) is 0 Å². The van der Waals surface area contributed by atoms with E-state index in [4.69, 9.17) is 4.74 Å². The monoisotopic (exact) mass is 294 g/mol. The van der Waals surface area contributed by atoms with Gasteiger partial charge < -0.3 is 10.1 Å². The van der Waals surface area contributed by atoms with Gasteiger partial charge in [0.1, 0.15) is 5.00 Å². The molecule has 0 aromatic carbocycles. The fraction of sp³-hybridized carbons (Fsp3) is 0.364. The number of carbonyl (C=O) groups excluding carboxylic acids is 1. The van der Waals surface area contributed by atoms with Crippen molar-refractivity contribution in [2.24, 2.45) is 4.99 Å². The van der Waals surface area contributed by atoms with Gasteiger partial charge in [0.25, 0.3) is 0 Å². The average molecular weight is 294 g/mol. The molecule has 0 saturated heterocycles. The van der Waals surface area contributed by atoms with E-state index < -0.39 is 0 Å². The van der Waals surface area contributed by atoms with Gasteiger partial charge in [0, 0.05) is 4.88 Å². The third kappa shape index (κ3) is 2.99. The number of thiophene rings is 1. The molecule has 0 amide bonds. The number of esters is 1. The van der Waals surface area contributed by atoms with Gasteiger partial charge in [-0.15, -0.1) is 11.3 Å². The SMILES string of the molecule is CCOC(=O)c1c(N=CNc2nnn[nH]2)sc(C)c1C. The summed E-state index contributed by atoms with van der Waals surface area (Å²) in [5.41, 5.74) is 1.39. The number of anilines is 1. The largest absolute Gasteiger partial charge is 0.462 e. The van der Waals surface area contributed by atoms with Crippen molar-refractivity contribution in [2.75, 3.05) is 11.9 Å². The summed E-state index contributed by atoms with van der Waals surface area (Å²) in [4.78, 5) is 17.2. The van der Waals surface area contributed by atoms with Crippen LogP contribution in [-0.4, -0.2) is 39.5 Å². The minimum Gasteiger partial charge on any atom is -0.462 e. The standard InChI is InChI=1S/C11H14N6O2S/c1-4-19-10(18)8-6(2)7(3)20-9(8)12-5-13-11-14-16-17-15-11/h5H,4H2,1-3H3,(H2,12,13,14,15,16,17). The molecule has 2 N–H and O–H groups in total. The van der Waals surface area contributed by atoms with E-state index in [2.05, 4.69) is 30.9 Å². The lowest BCUT2D eigenvalue weighted by Crippen LogP contribution is -2.05. The third-order valence-electron chi connectivity index (χ3n) is 2.57. The van der Waals surface area contributed by atoms with Gasteiger partial charge in [-0.05, 0) is 36.8 Å². The van der Waals surface area contributed by atoms with Crippen LogP contribution in [0.4, 0.5) is 10.9 Å². The number of ether oxygens (including phenoxy) is 1. The normalized spacial score (nSPS) is 10.9. The van der Waals surface area contributed by atoms with Crippen molar-refractivity contribution in [3.05, 3.63) is 16.0 Å². The molecule has 0 atom stereocenters. The molecule has 0 aliphatic heterocycles. The molecule has 106 valence electrons. The van der Waals surface area contributed by atoms with Gasteiger partial charge in [0.15, 0.2) is 0 Å². The Kier molecular flexibility index (Phi) is 4.41. The van der Waals surface area contributed by atoms with Crippen molar-refractivity contribution in [3.8, 4) is 0 Å². The van der Waals surface area contributed by atoms with Crippen molar-refractivity contribution in [2.45, 2.75) is 20.8 Å². The Hall–Kier alpha value is -2.29. The van der Waals surface area contributed by atoms with E-state index in [0.717, 1.165) is 10.4 Å². The lowest BCUT2D eigenvalue weighted by molar-refractivity contribution is 0.0527. The average Bonchev–Trinajstić information content (AvgIpc) is 3.00. The summed E-state index contributed by atoms with van der Waals surface area (Å²) in [5.74, 6) is 0.0132. The molecule has 2 aromatic rings. The second-order valence-electron chi connectivity index (χ2n) is 3.84. The van der Waals surface area contributed by atoms with Crippen LogP contribution in [0.1, 0.15) is 27.7 Å². The molecule has 0 unspecified atom stereocenters. The summed E-state index contributed by atoms with van der Waals surface area (Å²) >= 11 is 1.43. The number of nitrogens with zero attached hydrogens (tertiary/aromatic N) is 4. The number of rotatable bonds is 5. The fourth-order valence-electron chi connectivity index (χ4n) is 1.52. The molecule has 20 heavy (non-hydrogen) atoms. The zero-order valence-electron chi connectivity index (χ0n) is 11.3. The molecule has 0 aliphatic rings. The molecule has 0 radical (unpaired) electrons. The predicted octanol–water partition coefficient (Wildman–Crippen LogP) is 1.83. The lowest BCUT2D eigenvalue weighted by atomic mass is 10.1. The molecule has 2 heterocycles. The Balaban J connectivity index is 2.20. The van der Waals surface area contributed by atoms with Gasteiger partial charge >= 0.3 is 5.97 Å². The predicted molar refractivity (Wildman–Crippen MR) is 75.7 cm³/mol. The lowest BCUT2D eigenvalue weighted by Gasteiger charge is -2.02. The van der Waals surface area contributed by atoms with Crippen molar-refractivity contribution in [1.29, 1.82) is 0 Å². The Morgan fingerprint density at radius 2 is 2.35 bits per heavy atom. The van der Waals surface area contributed by atoms with Gasteiger partial charge in [-0.25, -0.2) is 14.9 Å². The zero-order chi connectivity index (χ0) is 14.5. The molecular formula is C11H14N6O2S. The van der Waals surface area contributed by atoms with E-state index in [0.29, 0.717) is 23.1 Å². The molecule has 0 fully saturated rings. The Bertz CT molecular complexity index is 619. The van der Waals surface area contributed by atoms with Crippen molar-refractivity contribution < 1.29 is 9.53 Å². The van der Waals surface area contributed by atoms with Crippen LogP contribution in [0.2, 0.25) is 0 Å². The van der Waals surface area contributed by atoms with Crippen molar-refractivity contribution in [3.63, 3.8) is 0 Å². The molecule has 0 saturated carbocycles. The van der Waals surface area contributed by atoms with Gasteiger partial charge in [0.2, 0.25) is 5.95 Å². The summed E-state index contributed by atoms with van der Waals surface area (Å²) in [5, 5.41) is 16.4. The van der Waals surface area contributed by atoms with Crippen LogP contribution in [0, 0.1) is 13.8 Å². The van der Waals surface area contributed by atoms with Gasteiger partial charge in [-0.1, -0.05) is 5.10 Å². The molecule has 0 aliphatic carbocycles. The fourth-order valence-corrected chi connectivity index (χ4v) is 2.51. The molecule has 8 nitrogen and oxygen atoms in total. The molecule has 2 aromatic heterocycles. The Morgan fingerprint density at radius 1 is 1.55 bits per heavy atom. The first-order valence-corrected chi connectivity index (χ1v) is 6.75. The van der Waals surface area contributed by atoms with Crippen molar-refractivity contribution >= 4 is 34.6 Å². The molecule has 9 heteroatoms. The summed E-state index contributed by atoms with van der Waals surface area (Å²) in [7, 11) is 0. The van der Waals surface area contributed by atoms with E-state index in [-0.39, 0.29) is 5.97 Å². The molecular weight excluding hydrogens is 280 g/mol. The Labute approximate surface area is 119 Å². The molecule has 0 spiro atoms. The number of aromatic nitrogens is 4. The summed E-state index contributed by atoms with van der Waals surface area (Å²) in [6.45, 7) is 5.92. The van der Waals surface area contributed by atoms with Crippen LogP contribution >= 0.6 is 11.3 Å². The van der Waals surface area contributed by atoms with Crippen molar-refractivity contribution in [1.82, 2.24) is 20.6 Å². The number of tetrazole rings is 1. The minimum absolute atomic E-state index is 0.332. The van der Waals surface area contributed by atoms with E-state index in [1.165, 1.54) is 17.7 Å². The highest BCUT2D eigenvalue weighted by molar-refractivity contribution is 7.16. The van der Waals surface area contributed by atoms with Crippen LogP contribution in [0.15, 0.2) is 4.99 Å². The van der Waals surface area contributed by atoms with E-state index in [1.807, 2.05) is 13.8 Å². The number of carbonyl (C=O) groups is 1. The maximum atomic E-state index is 11.9. The first-order valence-electron chi connectivity index (χ1n) is 5.93. The molecule has 0 bridgehead atoms. The van der Waals surface area contributed by atoms with Crippen LogP contribution in [0.5, 0.6) is 0 Å². The highest BCUT2D eigenvalue weighted by Crippen LogP contribution is 2.35. The number of nitrogens with one attached hydrogen (secondary N) is 2. The van der Waals surface area contributed by atoms with Crippen LogP contribution in [0.25, 0.3) is 0 Å². The van der Waals surface area contributed by atoms with Gasteiger partial charge in [-0.2, -0.15) is 0 Å². The van der Waals surface area contributed by atoms with Crippen LogP contribution in [0.3, 0.4) is 0 Å². The van der Waals surface area contributed by atoms with Gasteiger partial charge in [0.05, 0.1) is 18.5 Å². The van der Waals surface area contributed by atoms with E-state index in [1.54, 1.807) is 6.92 Å². The highest BCUT2D eigenvalue weighted by Gasteiger charge is 2.19. The summed E-state index contributed by atoms with van der Waals surface area (Å²) < 4.78 is 5.05. The minimum atomic E-state index is -0.358. The maximum absolute atomic E-state index is 11.9.